The van der Waals surface area contributed by atoms with Crippen molar-refractivity contribution in [2.24, 2.45) is 11.8 Å². The number of rotatable bonds is 8. The Morgan fingerprint density at radius 3 is 2.32 bits per heavy atom. The van der Waals surface area contributed by atoms with Crippen LogP contribution in [0.2, 0.25) is 0 Å². The van der Waals surface area contributed by atoms with Crippen LogP contribution in [-0.2, 0) is 20.7 Å². The van der Waals surface area contributed by atoms with Gasteiger partial charge in [-0.05, 0) is 81.1 Å². The van der Waals surface area contributed by atoms with Crippen molar-refractivity contribution < 1.29 is 43.9 Å². The summed E-state index contributed by atoms with van der Waals surface area (Å²) in [5.74, 6) is -2.90. The van der Waals surface area contributed by atoms with Crippen LogP contribution >= 0.6 is 0 Å². The van der Waals surface area contributed by atoms with E-state index >= 15 is 0 Å². The molecule has 0 aromatic heterocycles. The molecule has 0 unspecified atom stereocenters. The molecule has 1 spiro atoms. The second kappa shape index (κ2) is 10.9. The number of carbonyl (C=O) groups is 3. The molecule has 3 aliphatic carbocycles. The highest BCUT2D eigenvalue weighted by molar-refractivity contribution is 6.18. The first-order chi connectivity index (χ1) is 21.9. The van der Waals surface area contributed by atoms with Crippen LogP contribution in [0.5, 0.6) is 17.2 Å². The summed E-state index contributed by atoms with van der Waals surface area (Å²) in [4.78, 5) is 40.9. The molecule has 252 valence electrons. The Hall–Kier alpha value is -3.69. The summed E-state index contributed by atoms with van der Waals surface area (Å²) in [6.07, 6.45) is 8.28. The Kier molecular flexibility index (Phi) is 7.72. The zero-order valence-electron chi connectivity index (χ0n) is 28.6. The number of phenols is 1. The fraction of sp³-hybridized carbons (Fsp3) is 0.553. The number of carboxylic acid groups (broad SMARTS) is 1. The van der Waals surface area contributed by atoms with E-state index in [1.54, 1.807) is 6.08 Å². The van der Waals surface area contributed by atoms with Gasteiger partial charge in [-0.2, -0.15) is 0 Å². The van der Waals surface area contributed by atoms with Crippen LogP contribution in [0.15, 0.2) is 46.6 Å². The van der Waals surface area contributed by atoms with Gasteiger partial charge in [0.05, 0.1) is 17.3 Å². The van der Waals surface area contributed by atoms with Gasteiger partial charge in [0.2, 0.25) is 0 Å². The van der Waals surface area contributed by atoms with Gasteiger partial charge < -0.3 is 29.5 Å². The number of hydrogen-bond acceptors (Lipinski definition) is 8. The normalized spacial score (nSPS) is 32.7. The van der Waals surface area contributed by atoms with Crippen LogP contribution in [0.3, 0.4) is 0 Å². The van der Waals surface area contributed by atoms with Crippen molar-refractivity contribution in [3.8, 4) is 17.2 Å². The predicted octanol–water partition coefficient (Wildman–Crippen LogP) is 6.65. The van der Waals surface area contributed by atoms with Crippen LogP contribution in [0.1, 0.15) is 115 Å². The van der Waals surface area contributed by atoms with Gasteiger partial charge >= 0.3 is 5.97 Å². The van der Waals surface area contributed by atoms with Gasteiger partial charge in [-0.3, -0.25) is 9.59 Å². The highest BCUT2D eigenvalue weighted by Gasteiger charge is 2.81. The van der Waals surface area contributed by atoms with Crippen LogP contribution < -0.4 is 9.47 Å². The minimum Gasteiger partial charge on any atom is -0.506 e. The first kappa shape index (κ1) is 33.2. The first-order valence-electron chi connectivity index (χ1n) is 16.5. The van der Waals surface area contributed by atoms with Gasteiger partial charge in [0.15, 0.2) is 22.8 Å². The molecule has 1 aromatic carbocycles. The summed E-state index contributed by atoms with van der Waals surface area (Å²) in [6, 6.07) is 0. The van der Waals surface area contributed by atoms with Crippen LogP contribution in [-0.4, -0.2) is 55.3 Å². The maximum atomic E-state index is 14.8. The molecule has 3 aliphatic heterocycles. The van der Waals surface area contributed by atoms with Crippen molar-refractivity contribution in [3.05, 3.63) is 63.3 Å². The summed E-state index contributed by atoms with van der Waals surface area (Å²) >= 11 is 0. The van der Waals surface area contributed by atoms with E-state index in [1.807, 2.05) is 54.5 Å². The molecule has 7 rings (SSSR count). The van der Waals surface area contributed by atoms with Crippen molar-refractivity contribution in [2.75, 3.05) is 0 Å². The summed E-state index contributed by atoms with van der Waals surface area (Å²) < 4.78 is 20.6. The number of Topliss-reactive ketones (excluding diaryl/α,β-unsaturated/α-hetero) is 2. The number of ether oxygens (including phenoxy) is 3. The van der Waals surface area contributed by atoms with Crippen molar-refractivity contribution in [1.82, 2.24) is 0 Å². The van der Waals surface area contributed by atoms with E-state index in [9.17, 15) is 29.7 Å². The van der Waals surface area contributed by atoms with Crippen LogP contribution in [0, 0.1) is 11.8 Å². The SMILES string of the molecule is CC(C)=CCC[C@@]1(C)C[C@H](O)c2c(O)c3c(c(CC=C(C)C)c2O1)O[C@@]12C(=C[C@H]4C[C@H]1C(C)(C)O[C@@]2(C/C=C(\C)C(=O)O)C4=O)C3=O. The molecule has 47 heavy (non-hydrogen) atoms. The lowest BCUT2D eigenvalue weighted by Crippen LogP contribution is -2.72. The Labute approximate surface area is 276 Å². The van der Waals surface area contributed by atoms with Crippen molar-refractivity contribution in [1.29, 1.82) is 0 Å². The Bertz CT molecular complexity index is 1720. The number of ketones is 2. The highest BCUT2D eigenvalue weighted by atomic mass is 16.6. The molecule has 6 aliphatic rings. The van der Waals surface area contributed by atoms with E-state index in [0.717, 1.165) is 12.0 Å². The third kappa shape index (κ3) is 4.75. The first-order valence-corrected chi connectivity index (χ1v) is 16.5. The van der Waals surface area contributed by atoms with Gasteiger partial charge in [-0.1, -0.05) is 35.5 Å². The number of hydrogen-bond donors (Lipinski definition) is 3. The van der Waals surface area contributed by atoms with Crippen molar-refractivity contribution in [3.63, 3.8) is 0 Å². The largest absolute Gasteiger partial charge is 0.506 e. The lowest BCUT2D eigenvalue weighted by Gasteiger charge is -2.56. The average molecular weight is 647 g/mol. The summed E-state index contributed by atoms with van der Waals surface area (Å²) in [7, 11) is 0. The van der Waals surface area contributed by atoms with Gasteiger partial charge in [0.25, 0.3) is 0 Å². The van der Waals surface area contributed by atoms with Gasteiger partial charge in [0, 0.05) is 41.4 Å². The number of benzene rings is 1. The molecule has 1 saturated carbocycles. The number of aliphatic carboxylic acids is 1. The molecule has 9 heteroatoms. The van der Waals surface area contributed by atoms with E-state index < -0.39 is 52.1 Å². The number of aliphatic hydroxyl groups excluding tert-OH is 1. The maximum absolute atomic E-state index is 14.8. The molecular weight excluding hydrogens is 600 g/mol. The molecule has 9 nitrogen and oxygen atoms in total. The van der Waals surface area contributed by atoms with E-state index in [1.165, 1.54) is 18.6 Å². The molecule has 4 bridgehead atoms. The fourth-order valence-corrected chi connectivity index (χ4v) is 8.64. The molecule has 3 N–H and O–H groups in total. The van der Waals surface area contributed by atoms with E-state index in [2.05, 4.69) is 6.08 Å². The molecule has 1 aromatic rings. The number of aliphatic hydroxyl groups is 1. The van der Waals surface area contributed by atoms with Gasteiger partial charge in [0.1, 0.15) is 28.4 Å². The summed E-state index contributed by atoms with van der Waals surface area (Å²) in [5.41, 5.74) is -1.83. The average Bonchev–Trinajstić information content (AvgIpc) is 3.11. The van der Waals surface area contributed by atoms with E-state index in [-0.39, 0.29) is 64.6 Å². The second-order valence-corrected chi connectivity index (χ2v) is 15.3. The number of phenolic OH excluding ortho intramolecular Hbond substituents is 1. The van der Waals surface area contributed by atoms with Crippen LogP contribution in [0.25, 0.3) is 0 Å². The third-order valence-corrected chi connectivity index (χ3v) is 10.9. The topological polar surface area (TPSA) is 140 Å². The minimum absolute atomic E-state index is 0.0497. The van der Waals surface area contributed by atoms with Crippen LogP contribution in [0.4, 0.5) is 0 Å². The summed E-state index contributed by atoms with van der Waals surface area (Å²) in [5, 5.41) is 33.0. The van der Waals surface area contributed by atoms with Gasteiger partial charge in [-0.25, -0.2) is 4.79 Å². The number of carbonyl (C=O) groups excluding carboxylic acids is 2. The molecule has 0 amide bonds. The molecular formula is C38H46O9. The molecule has 1 saturated heterocycles. The predicted molar refractivity (Wildman–Crippen MR) is 175 cm³/mol. The minimum atomic E-state index is -1.67. The third-order valence-electron chi connectivity index (χ3n) is 10.9. The molecule has 3 heterocycles. The quantitative estimate of drug-likeness (QED) is 0.209. The number of allylic oxidation sites excluding steroid dienone is 5. The Morgan fingerprint density at radius 1 is 1.00 bits per heavy atom. The van der Waals surface area contributed by atoms with E-state index in [4.69, 9.17) is 14.2 Å². The smallest absolute Gasteiger partial charge is 0.330 e. The zero-order chi connectivity index (χ0) is 34.4. The monoisotopic (exact) mass is 646 g/mol. The highest BCUT2D eigenvalue weighted by Crippen LogP contribution is 2.69. The van der Waals surface area contributed by atoms with Gasteiger partial charge in [-0.15, -0.1) is 0 Å². The Balaban J connectivity index is 1.60. The fourth-order valence-electron chi connectivity index (χ4n) is 8.64. The molecule has 6 atom stereocenters. The Morgan fingerprint density at radius 2 is 1.68 bits per heavy atom. The maximum Gasteiger partial charge on any atom is 0.330 e. The lowest BCUT2D eigenvalue weighted by atomic mass is 9.51. The standard InChI is InChI=1S/C38H46O9/c1-19(2)10-9-14-36(8)18-25(39)27-30(41)28-29(40)24-16-22-17-26-35(6,7)47-37(33(22)42,15-13-21(5)34(43)44)38(24,26)46-32(28)23(31(27)45-36)12-11-20(3)4/h10-11,13,16,22,25-26,39,41H,9,12,14-15,17-18H2,1-8H3,(H,43,44)/b21-13+/t22-,25-,26-,36-,37-,38-/m0/s1. The van der Waals surface area contributed by atoms with E-state index in [0.29, 0.717) is 18.4 Å². The van der Waals surface area contributed by atoms with Crippen molar-refractivity contribution >= 4 is 17.5 Å². The second-order valence-electron chi connectivity index (χ2n) is 15.3. The lowest BCUT2D eigenvalue weighted by molar-refractivity contribution is -0.171. The zero-order valence-corrected chi connectivity index (χ0v) is 28.6. The summed E-state index contributed by atoms with van der Waals surface area (Å²) in [6.45, 7) is 15.1. The molecule has 2 fully saturated rings. The number of fused-ring (bicyclic) bond motifs is 2. The number of carboxylic acids is 1. The van der Waals surface area contributed by atoms with Crippen molar-refractivity contribution in [2.45, 2.75) is 122 Å². The molecule has 0 radical (unpaired) electrons. The number of aromatic hydroxyl groups is 1.